The third kappa shape index (κ3) is 3.76. The van der Waals surface area contributed by atoms with Gasteiger partial charge >= 0.3 is 0 Å². The molecule has 0 aromatic heterocycles. The van der Waals surface area contributed by atoms with Crippen molar-refractivity contribution >= 4 is 29.5 Å². The van der Waals surface area contributed by atoms with Crippen LogP contribution in [0.25, 0.3) is 0 Å². The Kier molecular flexibility index (Phi) is 5.12. The maximum absolute atomic E-state index is 10.9. The fourth-order valence-electron chi connectivity index (χ4n) is 1.03. The van der Waals surface area contributed by atoms with E-state index in [2.05, 4.69) is 19.6 Å². The molecule has 1 aromatic rings. The lowest BCUT2D eigenvalue weighted by Gasteiger charge is -2.00. The maximum Gasteiger partial charge on any atom is 0.216 e. The Labute approximate surface area is 94.7 Å². The lowest BCUT2D eigenvalue weighted by Crippen LogP contribution is -1.87. The number of hydrogen-bond donors (Lipinski definition) is 1. The van der Waals surface area contributed by atoms with Crippen molar-refractivity contribution in [2.75, 3.05) is 5.75 Å². The van der Waals surface area contributed by atoms with Gasteiger partial charge in [0.1, 0.15) is 0 Å². The quantitative estimate of drug-likeness (QED) is 0.469. The molecule has 0 amide bonds. The van der Waals surface area contributed by atoms with Crippen LogP contribution in [-0.4, -0.2) is 10.9 Å². The van der Waals surface area contributed by atoms with E-state index in [0.29, 0.717) is 5.56 Å². The van der Waals surface area contributed by atoms with Crippen molar-refractivity contribution in [3.63, 3.8) is 0 Å². The van der Waals surface area contributed by atoms with Crippen molar-refractivity contribution in [3.05, 3.63) is 29.8 Å². The number of hydrogen-bond acceptors (Lipinski definition) is 2. The molecule has 1 rings (SSSR count). The number of carbonyl (C=O) groups excluding carboxylic acids is 1. The zero-order valence-corrected chi connectivity index (χ0v) is 9.91. The summed E-state index contributed by atoms with van der Waals surface area (Å²) < 4.78 is 0. The van der Waals surface area contributed by atoms with Gasteiger partial charge in [0.15, 0.2) is 0 Å². The highest BCUT2D eigenvalue weighted by Crippen LogP contribution is 2.20. The molecular formula is C11H14OS2. The number of carbonyl (C=O) groups is 1. The van der Waals surface area contributed by atoms with Crippen molar-refractivity contribution in [2.45, 2.75) is 24.7 Å². The number of rotatable bonds is 5. The monoisotopic (exact) mass is 226 g/mol. The zero-order chi connectivity index (χ0) is 10.4. The van der Waals surface area contributed by atoms with Crippen LogP contribution in [0.5, 0.6) is 0 Å². The van der Waals surface area contributed by atoms with Crippen molar-refractivity contribution < 1.29 is 4.79 Å². The first kappa shape index (κ1) is 11.7. The molecule has 3 heteroatoms. The molecule has 0 atom stereocenters. The van der Waals surface area contributed by atoms with Crippen LogP contribution in [0.2, 0.25) is 0 Å². The van der Waals surface area contributed by atoms with Crippen molar-refractivity contribution in [1.82, 2.24) is 0 Å². The van der Waals surface area contributed by atoms with E-state index in [1.807, 2.05) is 36.0 Å². The minimum Gasteiger partial charge on any atom is -0.282 e. The second-order valence-corrected chi connectivity index (χ2v) is 4.61. The molecule has 0 radical (unpaired) electrons. The summed E-state index contributed by atoms with van der Waals surface area (Å²) in [6.07, 6.45) is 2.46. The van der Waals surface area contributed by atoms with Crippen LogP contribution in [0.3, 0.4) is 0 Å². The first-order valence-electron chi connectivity index (χ1n) is 4.70. The van der Waals surface area contributed by atoms with E-state index in [1.54, 1.807) is 0 Å². The molecule has 1 aromatic carbocycles. The average molecular weight is 226 g/mol. The minimum atomic E-state index is -0.171. The second-order valence-electron chi connectivity index (χ2n) is 3.03. The molecule has 76 valence electrons. The van der Waals surface area contributed by atoms with Crippen molar-refractivity contribution in [3.8, 4) is 0 Å². The Bertz CT molecular complexity index is 293. The van der Waals surface area contributed by atoms with Gasteiger partial charge in [-0.3, -0.25) is 4.79 Å². The van der Waals surface area contributed by atoms with E-state index < -0.39 is 0 Å². The lowest BCUT2D eigenvalue weighted by atomic mass is 10.2. The summed E-state index contributed by atoms with van der Waals surface area (Å²) in [7, 11) is 0. The van der Waals surface area contributed by atoms with Crippen molar-refractivity contribution in [2.24, 2.45) is 0 Å². The molecule has 0 fully saturated rings. The van der Waals surface area contributed by atoms with E-state index in [4.69, 9.17) is 0 Å². The van der Waals surface area contributed by atoms with E-state index >= 15 is 0 Å². The van der Waals surface area contributed by atoms with Gasteiger partial charge in [0, 0.05) is 10.5 Å². The van der Waals surface area contributed by atoms with Crippen LogP contribution in [0.4, 0.5) is 0 Å². The molecule has 0 spiro atoms. The van der Waals surface area contributed by atoms with Crippen LogP contribution in [0, 0.1) is 0 Å². The van der Waals surface area contributed by atoms with E-state index in [1.165, 1.54) is 17.7 Å². The molecule has 0 heterocycles. The molecule has 0 aliphatic carbocycles. The summed E-state index contributed by atoms with van der Waals surface area (Å²) in [5.74, 6) is 1.14. The number of thioether (sulfide) groups is 1. The third-order valence-corrected chi connectivity index (χ3v) is 3.22. The predicted octanol–water partition coefficient (Wildman–Crippen LogP) is 3.65. The van der Waals surface area contributed by atoms with Gasteiger partial charge in [-0.1, -0.05) is 13.3 Å². The smallest absolute Gasteiger partial charge is 0.216 e. The Morgan fingerprint density at radius 3 is 2.50 bits per heavy atom. The highest BCUT2D eigenvalue weighted by molar-refractivity contribution is 7.99. The Morgan fingerprint density at radius 2 is 2.00 bits per heavy atom. The van der Waals surface area contributed by atoms with Gasteiger partial charge in [-0.25, -0.2) is 0 Å². The standard InChI is InChI=1S/C11H14OS2/c1-2-3-8-14-10-6-4-9(5-7-10)11(12)13/h4-7H,2-3,8H2,1H3,(H,12,13). The summed E-state index contributed by atoms with van der Waals surface area (Å²) in [4.78, 5) is 12.1. The maximum atomic E-state index is 10.9. The van der Waals surface area contributed by atoms with Crippen LogP contribution in [0.15, 0.2) is 29.2 Å². The van der Waals surface area contributed by atoms with Gasteiger partial charge in [-0.15, -0.1) is 24.4 Å². The molecule has 0 saturated carbocycles. The summed E-state index contributed by atoms with van der Waals surface area (Å²) in [6, 6.07) is 7.60. The molecule has 14 heavy (non-hydrogen) atoms. The number of benzene rings is 1. The van der Waals surface area contributed by atoms with Crippen LogP contribution in [0.1, 0.15) is 30.1 Å². The van der Waals surface area contributed by atoms with Gasteiger partial charge in [-0.05, 0) is 36.4 Å². The van der Waals surface area contributed by atoms with Crippen molar-refractivity contribution in [1.29, 1.82) is 0 Å². The summed E-state index contributed by atoms with van der Waals surface area (Å²) in [5, 5.41) is -0.171. The Morgan fingerprint density at radius 1 is 1.36 bits per heavy atom. The summed E-state index contributed by atoms with van der Waals surface area (Å²) in [6.45, 7) is 2.18. The fraction of sp³-hybridized carbons (Fsp3) is 0.364. The highest BCUT2D eigenvalue weighted by Gasteiger charge is 1.99. The van der Waals surface area contributed by atoms with Gasteiger partial charge in [-0.2, -0.15) is 0 Å². The van der Waals surface area contributed by atoms with Gasteiger partial charge < -0.3 is 0 Å². The van der Waals surface area contributed by atoms with Crippen LogP contribution < -0.4 is 0 Å². The van der Waals surface area contributed by atoms with Crippen LogP contribution in [-0.2, 0) is 0 Å². The second kappa shape index (κ2) is 6.14. The molecule has 0 N–H and O–H groups in total. The largest absolute Gasteiger partial charge is 0.282 e. The number of unbranched alkanes of at least 4 members (excludes halogenated alkanes) is 1. The van der Waals surface area contributed by atoms with E-state index in [9.17, 15) is 4.79 Å². The predicted molar refractivity (Wildman–Crippen MR) is 65.4 cm³/mol. The molecule has 0 unspecified atom stereocenters. The summed E-state index contributed by atoms with van der Waals surface area (Å²) in [5.41, 5.74) is 0.660. The van der Waals surface area contributed by atoms with Crippen LogP contribution >= 0.6 is 24.4 Å². The SMILES string of the molecule is CCCCSc1ccc(C(=O)S)cc1. The first-order chi connectivity index (χ1) is 6.74. The molecule has 0 bridgehead atoms. The van der Waals surface area contributed by atoms with Gasteiger partial charge in [0.25, 0.3) is 0 Å². The average Bonchev–Trinajstić information content (AvgIpc) is 2.19. The molecular weight excluding hydrogens is 212 g/mol. The van der Waals surface area contributed by atoms with Gasteiger partial charge in [0.2, 0.25) is 5.12 Å². The molecule has 1 nitrogen and oxygen atoms in total. The molecule has 0 aliphatic rings. The third-order valence-electron chi connectivity index (χ3n) is 1.87. The lowest BCUT2D eigenvalue weighted by molar-refractivity contribution is 0.109. The minimum absolute atomic E-state index is 0.171. The van der Waals surface area contributed by atoms with E-state index in [-0.39, 0.29) is 5.12 Å². The molecule has 0 aliphatic heterocycles. The van der Waals surface area contributed by atoms with E-state index in [0.717, 1.165) is 5.75 Å². The first-order valence-corrected chi connectivity index (χ1v) is 6.13. The highest BCUT2D eigenvalue weighted by atomic mass is 32.2. The Hall–Kier alpha value is -0.410. The Balaban J connectivity index is 2.51. The number of thiol groups is 1. The topological polar surface area (TPSA) is 17.1 Å². The normalized spacial score (nSPS) is 10.1. The zero-order valence-electron chi connectivity index (χ0n) is 8.19. The fourth-order valence-corrected chi connectivity index (χ4v) is 2.17. The van der Waals surface area contributed by atoms with Gasteiger partial charge in [0.05, 0.1) is 0 Å². The summed E-state index contributed by atoms with van der Waals surface area (Å²) >= 11 is 5.59. The molecule has 0 saturated heterocycles.